The van der Waals surface area contributed by atoms with Gasteiger partial charge in [0.25, 0.3) is 0 Å². The zero-order valence-corrected chi connectivity index (χ0v) is 20.7. The van der Waals surface area contributed by atoms with Crippen LogP contribution >= 0.6 is 24.0 Å². The Morgan fingerprint density at radius 1 is 1.33 bits per heavy atom. The highest BCUT2D eigenvalue weighted by Crippen LogP contribution is 2.25. The Balaban J connectivity index is 0.00000320. The van der Waals surface area contributed by atoms with E-state index in [9.17, 15) is 5.26 Å². The number of guanidine groups is 1. The molecule has 166 valence electrons. The number of aliphatic imine (C=N–C) groups is 1. The van der Waals surface area contributed by atoms with Crippen LogP contribution in [0.3, 0.4) is 0 Å². The molecule has 7 nitrogen and oxygen atoms in total. The van der Waals surface area contributed by atoms with Crippen molar-refractivity contribution in [2.75, 3.05) is 58.9 Å². The van der Waals surface area contributed by atoms with E-state index in [1.165, 1.54) is 0 Å². The third kappa shape index (κ3) is 5.99. The van der Waals surface area contributed by atoms with Crippen molar-refractivity contribution >= 4 is 35.6 Å². The highest BCUT2D eigenvalue weighted by molar-refractivity contribution is 14.0. The molecule has 1 aromatic carbocycles. The van der Waals surface area contributed by atoms with Gasteiger partial charge >= 0.3 is 0 Å². The van der Waals surface area contributed by atoms with Crippen molar-refractivity contribution in [2.45, 2.75) is 37.3 Å². The fourth-order valence-corrected chi connectivity index (χ4v) is 4.33. The molecule has 1 aromatic rings. The highest BCUT2D eigenvalue weighted by atomic mass is 127. The molecule has 0 saturated carbocycles. The topological polar surface area (TPSA) is 75.9 Å². The van der Waals surface area contributed by atoms with Crippen molar-refractivity contribution in [2.24, 2.45) is 4.99 Å². The van der Waals surface area contributed by atoms with Gasteiger partial charge < -0.3 is 25.2 Å². The second kappa shape index (κ2) is 11.7. The van der Waals surface area contributed by atoms with E-state index in [2.05, 4.69) is 45.6 Å². The molecule has 1 unspecified atom stereocenters. The lowest BCUT2D eigenvalue weighted by molar-refractivity contribution is -0.00503. The van der Waals surface area contributed by atoms with Gasteiger partial charge in [-0.25, -0.2) is 0 Å². The van der Waals surface area contributed by atoms with Gasteiger partial charge in [0.2, 0.25) is 0 Å². The highest BCUT2D eigenvalue weighted by Gasteiger charge is 2.35. The van der Waals surface area contributed by atoms with Crippen molar-refractivity contribution in [1.82, 2.24) is 15.5 Å². The van der Waals surface area contributed by atoms with E-state index in [4.69, 9.17) is 4.74 Å². The molecule has 0 radical (unpaired) electrons. The number of para-hydroxylation sites is 1. The van der Waals surface area contributed by atoms with Gasteiger partial charge in [-0.05, 0) is 51.9 Å². The van der Waals surface area contributed by atoms with Gasteiger partial charge in [-0.2, -0.15) is 5.26 Å². The van der Waals surface area contributed by atoms with E-state index in [0.29, 0.717) is 6.04 Å². The van der Waals surface area contributed by atoms with Crippen molar-refractivity contribution in [3.05, 3.63) is 29.8 Å². The maximum Gasteiger partial charge on any atom is 0.191 e. The maximum absolute atomic E-state index is 9.43. The van der Waals surface area contributed by atoms with Gasteiger partial charge in [0.05, 0.1) is 11.3 Å². The third-order valence-corrected chi connectivity index (χ3v) is 6.31. The van der Waals surface area contributed by atoms with Gasteiger partial charge in [-0.1, -0.05) is 12.1 Å². The first-order chi connectivity index (χ1) is 14.1. The van der Waals surface area contributed by atoms with Crippen LogP contribution in [0.1, 0.15) is 31.2 Å². The molecule has 0 aliphatic carbocycles. The Morgan fingerprint density at radius 2 is 2.07 bits per heavy atom. The smallest absolute Gasteiger partial charge is 0.191 e. The van der Waals surface area contributed by atoms with Crippen LogP contribution in [0.5, 0.6) is 0 Å². The van der Waals surface area contributed by atoms with E-state index >= 15 is 0 Å². The van der Waals surface area contributed by atoms with Gasteiger partial charge in [0.1, 0.15) is 6.07 Å². The van der Waals surface area contributed by atoms with Gasteiger partial charge in [-0.15, -0.1) is 24.0 Å². The van der Waals surface area contributed by atoms with Crippen LogP contribution in [0.2, 0.25) is 0 Å². The molecule has 2 aliphatic rings. The normalized spacial score (nSPS) is 21.5. The number of hydrogen-bond donors (Lipinski definition) is 2. The summed E-state index contributed by atoms with van der Waals surface area (Å²) < 4.78 is 5.57. The minimum absolute atomic E-state index is 0. The number of anilines is 1. The number of halogens is 1. The second-order valence-corrected chi connectivity index (χ2v) is 8.22. The Kier molecular flexibility index (Phi) is 9.65. The molecule has 0 spiro atoms. The van der Waals surface area contributed by atoms with E-state index in [1.807, 2.05) is 31.3 Å². The Labute approximate surface area is 197 Å². The van der Waals surface area contributed by atoms with E-state index < -0.39 is 0 Å². The summed E-state index contributed by atoms with van der Waals surface area (Å²) in [6.07, 6.45) is 4.23. The molecule has 2 fully saturated rings. The predicted molar refractivity (Wildman–Crippen MR) is 133 cm³/mol. The second-order valence-electron chi connectivity index (χ2n) is 8.22. The number of nitriles is 1. The summed E-state index contributed by atoms with van der Waals surface area (Å²) >= 11 is 0. The molecule has 0 amide bonds. The number of benzene rings is 1. The first-order valence-corrected chi connectivity index (χ1v) is 10.5. The predicted octanol–water partition coefficient (Wildman–Crippen LogP) is 2.42. The molecule has 1 atom stereocenters. The van der Waals surface area contributed by atoms with Crippen LogP contribution in [0, 0.1) is 11.3 Å². The average molecular weight is 526 g/mol. The van der Waals surface area contributed by atoms with Gasteiger partial charge in [-0.3, -0.25) is 4.99 Å². The molecule has 0 bridgehead atoms. The molecular formula is C22H35IN6O. The Bertz CT molecular complexity index is 741. The van der Waals surface area contributed by atoms with Gasteiger partial charge in [0, 0.05) is 51.5 Å². The number of ether oxygens (including phenoxy) is 1. The third-order valence-electron chi connectivity index (χ3n) is 6.31. The van der Waals surface area contributed by atoms with E-state index in [1.54, 1.807) is 0 Å². The Hall–Kier alpha value is -1.57. The van der Waals surface area contributed by atoms with Crippen LogP contribution < -0.4 is 15.5 Å². The summed E-state index contributed by atoms with van der Waals surface area (Å²) in [5.74, 6) is 0.845. The summed E-state index contributed by atoms with van der Waals surface area (Å²) in [6, 6.07) is 10.5. The fourth-order valence-electron chi connectivity index (χ4n) is 4.33. The lowest BCUT2D eigenvalue weighted by Crippen LogP contribution is -2.58. The molecule has 2 heterocycles. The zero-order valence-electron chi connectivity index (χ0n) is 18.4. The largest absolute Gasteiger partial charge is 0.381 e. The number of nitrogens with one attached hydrogen (secondary N) is 2. The number of piperidine rings is 1. The number of likely N-dealkylation sites (N-methyl/N-ethyl adjacent to an activating group) is 1. The lowest BCUT2D eigenvalue weighted by Gasteiger charge is -2.43. The molecule has 0 aromatic heterocycles. The number of nitrogens with zero attached hydrogens (tertiary/aromatic N) is 4. The molecule has 2 N–H and O–H groups in total. The minimum atomic E-state index is 0. The van der Waals surface area contributed by atoms with Crippen LogP contribution in [0.25, 0.3) is 0 Å². The zero-order chi connectivity index (χ0) is 20.7. The summed E-state index contributed by atoms with van der Waals surface area (Å²) in [6.45, 7) is 4.30. The van der Waals surface area contributed by atoms with Crippen molar-refractivity contribution in [3.63, 3.8) is 0 Å². The summed E-state index contributed by atoms with van der Waals surface area (Å²) in [5, 5.41) is 16.6. The molecule has 3 rings (SSSR count). The Morgan fingerprint density at radius 3 is 2.73 bits per heavy atom. The molecule has 2 aliphatic heterocycles. The quantitative estimate of drug-likeness (QED) is 0.349. The van der Waals surface area contributed by atoms with E-state index in [0.717, 1.165) is 75.7 Å². The first kappa shape index (κ1) is 24.7. The number of hydrogen-bond acceptors (Lipinski definition) is 5. The standard InChI is InChI=1S/C22H34N6O.HI/c1-24-21(25-17-22(27(2)3)10-13-29-14-11-22)26-19-8-6-12-28(16-19)20-9-5-4-7-18(20)15-23;/h4-5,7,9,19H,6,8,10-14,16-17H2,1-3H3,(H2,24,25,26);1H. The molecule has 30 heavy (non-hydrogen) atoms. The maximum atomic E-state index is 9.43. The van der Waals surface area contributed by atoms with Gasteiger partial charge in [0.15, 0.2) is 5.96 Å². The minimum Gasteiger partial charge on any atom is -0.381 e. The van der Waals surface area contributed by atoms with Crippen LogP contribution in [0.4, 0.5) is 5.69 Å². The van der Waals surface area contributed by atoms with Crippen molar-refractivity contribution < 1.29 is 4.74 Å². The molecule has 2 saturated heterocycles. The van der Waals surface area contributed by atoms with Crippen LogP contribution in [-0.2, 0) is 4.74 Å². The van der Waals surface area contributed by atoms with Crippen LogP contribution in [0.15, 0.2) is 29.3 Å². The fraction of sp³-hybridized carbons (Fsp3) is 0.636. The summed E-state index contributed by atoms with van der Waals surface area (Å²) in [7, 11) is 6.12. The lowest BCUT2D eigenvalue weighted by atomic mass is 9.88. The summed E-state index contributed by atoms with van der Waals surface area (Å²) in [4.78, 5) is 9.09. The monoisotopic (exact) mass is 526 g/mol. The molecular weight excluding hydrogens is 491 g/mol. The van der Waals surface area contributed by atoms with Crippen molar-refractivity contribution in [1.29, 1.82) is 5.26 Å². The molecule has 8 heteroatoms. The first-order valence-electron chi connectivity index (χ1n) is 10.5. The summed E-state index contributed by atoms with van der Waals surface area (Å²) in [5.41, 5.74) is 1.86. The van der Waals surface area contributed by atoms with Crippen molar-refractivity contribution in [3.8, 4) is 6.07 Å². The average Bonchev–Trinajstić information content (AvgIpc) is 2.77. The van der Waals surface area contributed by atoms with E-state index in [-0.39, 0.29) is 29.5 Å². The number of rotatable bonds is 5. The van der Waals surface area contributed by atoms with Crippen LogP contribution in [-0.4, -0.2) is 76.4 Å². The SMILES string of the molecule is CN=C(NCC1(N(C)C)CCOCC1)NC1CCCN(c2ccccc2C#N)C1.I.